The number of amides is 2. The minimum Gasteiger partial charge on any atom is -0.483 e. The predicted octanol–water partition coefficient (Wildman–Crippen LogP) is 6.12. The van der Waals surface area contributed by atoms with Crippen molar-refractivity contribution in [3.63, 3.8) is 0 Å². The molecule has 0 radical (unpaired) electrons. The Morgan fingerprint density at radius 1 is 1.10 bits per heavy atom. The molecule has 0 aliphatic carbocycles. The fraction of sp³-hybridized carbons (Fsp3) is 0.364. The predicted molar refractivity (Wildman–Crippen MR) is 129 cm³/mol. The van der Waals surface area contributed by atoms with Crippen molar-refractivity contribution in [2.24, 2.45) is 0 Å². The van der Waals surface area contributed by atoms with Gasteiger partial charge in [0.1, 0.15) is 11.8 Å². The second kappa shape index (κ2) is 12.5. The van der Waals surface area contributed by atoms with E-state index in [2.05, 4.69) is 21.2 Å². The van der Waals surface area contributed by atoms with Crippen LogP contribution in [0.5, 0.6) is 5.75 Å². The van der Waals surface area contributed by atoms with Crippen LogP contribution in [0.1, 0.15) is 32.3 Å². The molecule has 2 amide bonds. The van der Waals surface area contributed by atoms with Gasteiger partial charge in [-0.1, -0.05) is 54.7 Å². The Balaban J connectivity index is 2.25. The summed E-state index contributed by atoms with van der Waals surface area (Å²) >= 11 is 21.6. The third kappa shape index (κ3) is 7.56. The van der Waals surface area contributed by atoms with Gasteiger partial charge < -0.3 is 15.0 Å². The summed E-state index contributed by atoms with van der Waals surface area (Å²) in [6.07, 6.45) is 1.24. The fourth-order valence-corrected chi connectivity index (χ4v) is 4.20. The zero-order chi connectivity index (χ0) is 23.0. The summed E-state index contributed by atoms with van der Waals surface area (Å²) in [5.41, 5.74) is 0.689. The molecule has 1 atom stereocenters. The highest BCUT2D eigenvalue weighted by Crippen LogP contribution is 2.28. The Morgan fingerprint density at radius 2 is 1.77 bits per heavy atom. The lowest BCUT2D eigenvalue weighted by Crippen LogP contribution is -2.50. The topological polar surface area (TPSA) is 58.6 Å². The molecule has 0 saturated carbocycles. The molecule has 2 rings (SSSR count). The summed E-state index contributed by atoms with van der Waals surface area (Å²) in [6, 6.07) is 9.42. The molecule has 0 aromatic heterocycles. The third-order valence-electron chi connectivity index (χ3n) is 4.54. The first kappa shape index (κ1) is 25.8. The number of hydrogen-bond donors (Lipinski definition) is 1. The number of ether oxygens (including phenoxy) is 1. The SMILES string of the molecule is CCCNC(=O)[C@@H](CC)N(Cc1ccc(Cl)cc1Cl)C(=O)COc1ccc(Cl)cc1Br. The lowest BCUT2D eigenvalue weighted by molar-refractivity contribution is -0.143. The van der Waals surface area contributed by atoms with E-state index in [4.69, 9.17) is 39.5 Å². The van der Waals surface area contributed by atoms with E-state index < -0.39 is 6.04 Å². The molecule has 31 heavy (non-hydrogen) atoms. The van der Waals surface area contributed by atoms with E-state index >= 15 is 0 Å². The number of nitrogens with one attached hydrogen (secondary N) is 1. The summed E-state index contributed by atoms with van der Waals surface area (Å²) in [5.74, 6) is -0.0764. The summed E-state index contributed by atoms with van der Waals surface area (Å²) in [5, 5.41) is 4.33. The van der Waals surface area contributed by atoms with Crippen LogP contribution < -0.4 is 10.1 Å². The molecule has 0 fully saturated rings. The van der Waals surface area contributed by atoms with E-state index in [1.807, 2.05) is 13.8 Å². The van der Waals surface area contributed by atoms with Gasteiger partial charge in [0.2, 0.25) is 5.91 Å². The molecule has 9 heteroatoms. The minimum atomic E-state index is -0.664. The second-order valence-corrected chi connectivity index (χ2v) is 8.97. The van der Waals surface area contributed by atoms with Gasteiger partial charge >= 0.3 is 0 Å². The first-order valence-corrected chi connectivity index (χ1v) is 11.8. The zero-order valence-corrected chi connectivity index (χ0v) is 21.1. The summed E-state index contributed by atoms with van der Waals surface area (Å²) in [7, 11) is 0. The van der Waals surface area contributed by atoms with Crippen molar-refractivity contribution in [3.8, 4) is 5.75 Å². The normalized spacial score (nSPS) is 11.7. The van der Waals surface area contributed by atoms with Crippen LogP contribution in [-0.4, -0.2) is 35.9 Å². The number of nitrogens with zero attached hydrogens (tertiary/aromatic N) is 1. The monoisotopic (exact) mass is 548 g/mol. The van der Waals surface area contributed by atoms with Crippen LogP contribution in [0.4, 0.5) is 0 Å². The van der Waals surface area contributed by atoms with Gasteiger partial charge in [-0.25, -0.2) is 0 Å². The Kier molecular flexibility index (Phi) is 10.4. The highest BCUT2D eigenvalue weighted by Gasteiger charge is 2.29. The molecule has 0 heterocycles. The second-order valence-electron chi connectivity index (χ2n) is 6.84. The Hall–Kier alpha value is -1.47. The van der Waals surface area contributed by atoms with E-state index in [-0.39, 0.29) is 25.0 Å². The Bertz CT molecular complexity index is 927. The molecule has 0 spiro atoms. The smallest absolute Gasteiger partial charge is 0.261 e. The van der Waals surface area contributed by atoms with Gasteiger partial charge in [-0.3, -0.25) is 9.59 Å². The van der Waals surface area contributed by atoms with Crippen LogP contribution in [0, 0.1) is 0 Å². The van der Waals surface area contributed by atoms with Crippen molar-refractivity contribution < 1.29 is 14.3 Å². The van der Waals surface area contributed by atoms with Gasteiger partial charge in [-0.2, -0.15) is 0 Å². The van der Waals surface area contributed by atoms with Crippen LogP contribution in [0.2, 0.25) is 15.1 Å². The molecule has 5 nitrogen and oxygen atoms in total. The lowest BCUT2D eigenvalue weighted by Gasteiger charge is -2.31. The fourth-order valence-electron chi connectivity index (χ4n) is 2.93. The Labute approximate surface area is 206 Å². The van der Waals surface area contributed by atoms with Gasteiger partial charge in [0.05, 0.1) is 4.47 Å². The molecule has 0 aliphatic rings. The van der Waals surface area contributed by atoms with Crippen molar-refractivity contribution in [3.05, 3.63) is 61.5 Å². The van der Waals surface area contributed by atoms with Gasteiger partial charge in [0.15, 0.2) is 6.61 Å². The Morgan fingerprint density at radius 3 is 2.39 bits per heavy atom. The maximum atomic E-state index is 13.2. The zero-order valence-electron chi connectivity index (χ0n) is 17.3. The minimum absolute atomic E-state index is 0.151. The van der Waals surface area contributed by atoms with Crippen molar-refractivity contribution in [1.29, 1.82) is 0 Å². The maximum Gasteiger partial charge on any atom is 0.261 e. The maximum absolute atomic E-state index is 13.2. The number of halogens is 4. The highest BCUT2D eigenvalue weighted by molar-refractivity contribution is 9.10. The van der Waals surface area contributed by atoms with Crippen molar-refractivity contribution in [2.75, 3.05) is 13.2 Å². The molecular formula is C22H24BrCl3N2O3. The van der Waals surface area contributed by atoms with E-state index in [9.17, 15) is 9.59 Å². The van der Waals surface area contributed by atoms with E-state index in [0.29, 0.717) is 43.8 Å². The molecule has 168 valence electrons. The van der Waals surface area contributed by atoms with Crippen LogP contribution in [-0.2, 0) is 16.1 Å². The van der Waals surface area contributed by atoms with Crippen molar-refractivity contribution >= 4 is 62.5 Å². The summed E-state index contributed by atoms with van der Waals surface area (Å²) in [6.45, 7) is 4.26. The average Bonchev–Trinajstić information content (AvgIpc) is 2.72. The lowest BCUT2D eigenvalue weighted by atomic mass is 10.1. The van der Waals surface area contributed by atoms with Crippen LogP contribution in [0.25, 0.3) is 0 Å². The van der Waals surface area contributed by atoms with E-state index in [1.54, 1.807) is 36.4 Å². The summed E-state index contributed by atoms with van der Waals surface area (Å²) in [4.78, 5) is 27.4. The first-order valence-electron chi connectivity index (χ1n) is 9.85. The summed E-state index contributed by atoms with van der Waals surface area (Å²) < 4.78 is 6.33. The average molecular weight is 551 g/mol. The molecule has 2 aromatic carbocycles. The number of rotatable bonds is 10. The van der Waals surface area contributed by atoms with Crippen molar-refractivity contribution in [1.82, 2.24) is 10.2 Å². The van der Waals surface area contributed by atoms with Crippen LogP contribution in [0.3, 0.4) is 0 Å². The van der Waals surface area contributed by atoms with Crippen LogP contribution in [0.15, 0.2) is 40.9 Å². The molecule has 1 N–H and O–H groups in total. The molecular weight excluding hydrogens is 527 g/mol. The quantitative estimate of drug-likeness (QED) is 0.388. The van der Waals surface area contributed by atoms with Gasteiger partial charge in [0, 0.05) is 28.2 Å². The standard InChI is InChI=1S/C22H24BrCl3N2O3/c1-3-9-27-22(30)19(4-2)28(12-14-5-6-16(25)11-18(14)26)21(29)13-31-20-8-7-15(24)10-17(20)23/h5-8,10-11,19H,3-4,9,12-13H2,1-2H3,(H,27,30)/t19-/m1/s1. The number of carbonyl (C=O) groups is 2. The largest absolute Gasteiger partial charge is 0.483 e. The number of carbonyl (C=O) groups excluding carboxylic acids is 2. The van der Waals surface area contributed by atoms with E-state index in [0.717, 1.165) is 6.42 Å². The first-order chi connectivity index (χ1) is 14.8. The van der Waals surface area contributed by atoms with Gasteiger partial charge in [-0.05, 0) is 64.7 Å². The number of hydrogen-bond acceptors (Lipinski definition) is 3. The molecule has 0 bridgehead atoms. The van der Waals surface area contributed by atoms with E-state index in [1.165, 1.54) is 4.90 Å². The van der Waals surface area contributed by atoms with Crippen molar-refractivity contribution in [2.45, 2.75) is 39.3 Å². The molecule has 2 aromatic rings. The number of benzene rings is 2. The van der Waals surface area contributed by atoms with Gasteiger partial charge in [0.25, 0.3) is 5.91 Å². The highest BCUT2D eigenvalue weighted by atomic mass is 79.9. The van der Waals surface area contributed by atoms with Crippen LogP contribution >= 0.6 is 50.7 Å². The molecule has 0 aliphatic heterocycles. The molecule has 0 saturated heterocycles. The van der Waals surface area contributed by atoms with Gasteiger partial charge in [-0.15, -0.1) is 0 Å². The molecule has 0 unspecified atom stereocenters. The third-order valence-corrected chi connectivity index (χ3v) is 5.98.